The fraction of sp³-hybridized carbons (Fsp3) is 0.227. The number of carbonyl (C=O) groups excluding carboxylic acids is 2. The highest BCUT2D eigenvalue weighted by Crippen LogP contribution is 2.24. The Hall–Kier alpha value is -4.01. The van der Waals surface area contributed by atoms with Gasteiger partial charge in [0.1, 0.15) is 23.6 Å². The van der Waals surface area contributed by atoms with Gasteiger partial charge in [-0.1, -0.05) is 12.1 Å². The first-order chi connectivity index (χ1) is 14.7. The Morgan fingerprint density at radius 1 is 0.935 bits per heavy atom. The third-order valence-corrected chi connectivity index (χ3v) is 4.86. The molecule has 0 aliphatic heterocycles. The zero-order valence-corrected chi connectivity index (χ0v) is 16.8. The molecule has 0 saturated carbocycles. The summed E-state index contributed by atoms with van der Waals surface area (Å²) >= 11 is 0. The third-order valence-electron chi connectivity index (χ3n) is 4.86. The molecule has 2 amide bonds. The number of aromatic hydroxyl groups is 2. The van der Waals surface area contributed by atoms with E-state index < -0.39 is 29.9 Å². The van der Waals surface area contributed by atoms with Gasteiger partial charge in [-0.15, -0.1) is 0 Å². The Kier molecular flexibility index (Phi) is 6.44. The lowest BCUT2D eigenvalue weighted by molar-refractivity contribution is -0.142. The summed E-state index contributed by atoms with van der Waals surface area (Å²) in [5, 5.41) is 34.4. The van der Waals surface area contributed by atoms with Gasteiger partial charge in [-0.3, -0.25) is 9.59 Å². The molecule has 2 atom stereocenters. The highest BCUT2D eigenvalue weighted by atomic mass is 16.4. The number of nitrogens with one attached hydrogen (secondary N) is 3. The van der Waals surface area contributed by atoms with Crippen LogP contribution in [0.2, 0.25) is 0 Å². The number of rotatable bonds is 8. The maximum atomic E-state index is 12.9. The van der Waals surface area contributed by atoms with E-state index in [0.29, 0.717) is 16.5 Å². The van der Waals surface area contributed by atoms with Crippen LogP contribution in [0.1, 0.15) is 18.1 Å². The first kappa shape index (κ1) is 21.7. The number of carboxylic acids is 1. The van der Waals surface area contributed by atoms with E-state index in [4.69, 9.17) is 0 Å². The zero-order chi connectivity index (χ0) is 22.5. The van der Waals surface area contributed by atoms with Crippen molar-refractivity contribution in [2.75, 3.05) is 0 Å². The van der Waals surface area contributed by atoms with E-state index >= 15 is 0 Å². The fourth-order valence-electron chi connectivity index (χ4n) is 3.35. The van der Waals surface area contributed by atoms with Gasteiger partial charge in [0.25, 0.3) is 0 Å². The number of fused-ring (bicyclic) bond motifs is 1. The largest absolute Gasteiger partial charge is 0.508 e. The number of phenols is 2. The van der Waals surface area contributed by atoms with Crippen LogP contribution in [0.3, 0.4) is 0 Å². The van der Waals surface area contributed by atoms with Gasteiger partial charge in [0.15, 0.2) is 0 Å². The summed E-state index contributed by atoms with van der Waals surface area (Å²) in [5.74, 6) is -2.19. The van der Waals surface area contributed by atoms with E-state index in [-0.39, 0.29) is 24.3 Å². The molecule has 1 heterocycles. The molecular formula is C22H23N3O6. The molecular weight excluding hydrogens is 402 g/mol. The number of hydrogen-bond donors (Lipinski definition) is 6. The summed E-state index contributed by atoms with van der Waals surface area (Å²) in [6, 6.07) is 8.55. The molecule has 9 nitrogen and oxygen atoms in total. The van der Waals surface area contributed by atoms with E-state index in [2.05, 4.69) is 15.6 Å². The molecule has 0 unspecified atom stereocenters. The molecule has 1 aromatic heterocycles. The van der Waals surface area contributed by atoms with Crippen LogP contribution < -0.4 is 10.6 Å². The van der Waals surface area contributed by atoms with Crippen LogP contribution in [0, 0.1) is 0 Å². The summed E-state index contributed by atoms with van der Waals surface area (Å²) in [7, 11) is 0. The number of carboxylic acid groups (broad SMARTS) is 1. The van der Waals surface area contributed by atoms with Gasteiger partial charge in [-0.05, 0) is 41.5 Å². The second-order valence-electron chi connectivity index (χ2n) is 7.27. The third kappa shape index (κ3) is 5.53. The number of H-pyrrole nitrogens is 1. The summed E-state index contributed by atoms with van der Waals surface area (Å²) in [4.78, 5) is 39.3. The lowest BCUT2D eigenvalue weighted by atomic mass is 10.0. The maximum Gasteiger partial charge on any atom is 0.326 e. The minimum atomic E-state index is -1.22. The topological polar surface area (TPSA) is 152 Å². The average Bonchev–Trinajstić information content (AvgIpc) is 3.10. The van der Waals surface area contributed by atoms with Gasteiger partial charge < -0.3 is 30.9 Å². The van der Waals surface area contributed by atoms with Crippen molar-refractivity contribution in [3.8, 4) is 11.5 Å². The first-order valence-electron chi connectivity index (χ1n) is 9.60. The summed E-state index contributed by atoms with van der Waals surface area (Å²) < 4.78 is 0. The van der Waals surface area contributed by atoms with Crippen molar-refractivity contribution in [3.63, 3.8) is 0 Å². The van der Waals surface area contributed by atoms with Crippen molar-refractivity contribution >= 4 is 28.7 Å². The minimum absolute atomic E-state index is 0.00903. The van der Waals surface area contributed by atoms with Crippen LogP contribution in [-0.4, -0.2) is 50.2 Å². The number of aromatic amines is 1. The van der Waals surface area contributed by atoms with Crippen LogP contribution in [0.15, 0.2) is 48.7 Å². The molecule has 0 bridgehead atoms. The molecule has 0 spiro atoms. The summed E-state index contributed by atoms with van der Waals surface area (Å²) in [5.41, 5.74) is 2.06. The quantitative estimate of drug-likeness (QED) is 0.321. The number of benzene rings is 2. The lowest BCUT2D eigenvalue weighted by Crippen LogP contribution is -2.52. The van der Waals surface area contributed by atoms with E-state index in [1.54, 1.807) is 30.5 Å². The van der Waals surface area contributed by atoms with Crippen LogP contribution in [0.4, 0.5) is 0 Å². The number of hydrogen-bond acceptors (Lipinski definition) is 5. The molecule has 0 saturated heterocycles. The number of aromatic nitrogens is 1. The SMILES string of the molecule is CC(=O)N[C@@H](Cc1c[nH]c2ccc(O)cc12)C(=O)N[C@@H](Cc1ccc(O)cc1)C(=O)O. The predicted molar refractivity (Wildman–Crippen MR) is 113 cm³/mol. The molecule has 0 aliphatic carbocycles. The van der Waals surface area contributed by atoms with Crippen molar-refractivity contribution < 1.29 is 29.7 Å². The molecule has 3 aromatic rings. The highest BCUT2D eigenvalue weighted by Gasteiger charge is 2.27. The fourth-order valence-corrected chi connectivity index (χ4v) is 3.35. The Labute approximate surface area is 177 Å². The van der Waals surface area contributed by atoms with Gasteiger partial charge in [0.2, 0.25) is 11.8 Å². The van der Waals surface area contributed by atoms with Gasteiger partial charge >= 0.3 is 5.97 Å². The van der Waals surface area contributed by atoms with Crippen LogP contribution in [-0.2, 0) is 27.2 Å². The minimum Gasteiger partial charge on any atom is -0.508 e. The van der Waals surface area contributed by atoms with E-state index in [1.807, 2.05) is 0 Å². The molecule has 0 fully saturated rings. The molecule has 31 heavy (non-hydrogen) atoms. The summed E-state index contributed by atoms with van der Waals surface area (Å²) in [6.07, 6.45) is 1.78. The smallest absolute Gasteiger partial charge is 0.326 e. The van der Waals surface area contributed by atoms with Crippen LogP contribution >= 0.6 is 0 Å². The highest BCUT2D eigenvalue weighted by molar-refractivity contribution is 5.91. The molecule has 3 rings (SSSR count). The van der Waals surface area contributed by atoms with Crippen molar-refractivity contribution in [1.29, 1.82) is 0 Å². The number of carbonyl (C=O) groups is 3. The monoisotopic (exact) mass is 425 g/mol. The lowest BCUT2D eigenvalue weighted by Gasteiger charge is -2.21. The van der Waals surface area contributed by atoms with Gasteiger partial charge in [0, 0.05) is 36.9 Å². The summed E-state index contributed by atoms with van der Waals surface area (Å²) in [6.45, 7) is 1.27. The molecule has 2 aromatic carbocycles. The van der Waals surface area contributed by atoms with Crippen molar-refractivity contribution in [2.24, 2.45) is 0 Å². The predicted octanol–water partition coefficient (Wildman–Crippen LogP) is 1.44. The maximum absolute atomic E-state index is 12.9. The Balaban J connectivity index is 1.79. The number of amides is 2. The van der Waals surface area contributed by atoms with Gasteiger partial charge in [0.05, 0.1) is 0 Å². The van der Waals surface area contributed by atoms with Gasteiger partial charge in [-0.25, -0.2) is 4.79 Å². The van der Waals surface area contributed by atoms with Crippen molar-refractivity contribution in [2.45, 2.75) is 31.8 Å². The molecule has 6 N–H and O–H groups in total. The second-order valence-corrected chi connectivity index (χ2v) is 7.27. The van der Waals surface area contributed by atoms with Crippen molar-refractivity contribution in [1.82, 2.24) is 15.6 Å². The Bertz CT molecular complexity index is 1110. The van der Waals surface area contributed by atoms with Gasteiger partial charge in [-0.2, -0.15) is 0 Å². The Morgan fingerprint density at radius 2 is 1.61 bits per heavy atom. The molecule has 162 valence electrons. The first-order valence-corrected chi connectivity index (χ1v) is 9.60. The number of phenolic OH excluding ortho intramolecular Hbond substituents is 2. The second kappa shape index (κ2) is 9.21. The van der Waals surface area contributed by atoms with E-state index in [1.165, 1.54) is 25.1 Å². The van der Waals surface area contributed by atoms with Crippen LogP contribution in [0.25, 0.3) is 10.9 Å². The van der Waals surface area contributed by atoms with E-state index in [0.717, 1.165) is 5.52 Å². The molecule has 9 heteroatoms. The standard InChI is InChI=1S/C22H23N3O6/c1-12(26)24-19(9-14-11-23-18-7-6-16(28)10-17(14)18)21(29)25-20(22(30)31)8-13-2-4-15(27)5-3-13/h2-7,10-11,19-20,23,27-28H,8-9H2,1H3,(H,24,26)(H,25,29)(H,30,31)/t19-,20-/m0/s1. The molecule has 0 aliphatic rings. The normalized spacial score (nSPS) is 12.8. The van der Waals surface area contributed by atoms with Crippen LogP contribution in [0.5, 0.6) is 11.5 Å². The average molecular weight is 425 g/mol. The number of aliphatic carboxylic acids is 1. The van der Waals surface area contributed by atoms with E-state index in [9.17, 15) is 29.7 Å². The molecule has 0 radical (unpaired) electrons. The Morgan fingerprint density at radius 3 is 2.26 bits per heavy atom. The van der Waals surface area contributed by atoms with Crippen molar-refractivity contribution in [3.05, 3.63) is 59.8 Å². The zero-order valence-electron chi connectivity index (χ0n) is 16.8.